The number of amides is 1. The van der Waals surface area contributed by atoms with Crippen molar-refractivity contribution in [2.45, 2.75) is 32.6 Å². The van der Waals surface area contributed by atoms with E-state index in [1.54, 1.807) is 0 Å². The molecule has 2 rings (SSSR count). The van der Waals surface area contributed by atoms with E-state index in [9.17, 15) is 9.59 Å². The zero-order valence-electron chi connectivity index (χ0n) is 12.8. The van der Waals surface area contributed by atoms with Crippen LogP contribution < -0.4 is 0 Å². The average molecular weight is 289 g/mol. The SMILES string of the molecule is COC(=O)C1CCN(C(=O)CCc2ccc(C)cc2)CC1. The first-order valence-corrected chi connectivity index (χ1v) is 7.51. The summed E-state index contributed by atoms with van der Waals surface area (Å²) < 4.78 is 4.76. The Labute approximate surface area is 126 Å². The number of nitrogens with zero attached hydrogens (tertiary/aromatic N) is 1. The number of ether oxygens (including phenoxy) is 1. The van der Waals surface area contributed by atoms with Crippen molar-refractivity contribution in [3.63, 3.8) is 0 Å². The molecule has 0 saturated carbocycles. The van der Waals surface area contributed by atoms with Crippen LogP contribution in [0.4, 0.5) is 0 Å². The van der Waals surface area contributed by atoms with Crippen LogP contribution >= 0.6 is 0 Å². The maximum Gasteiger partial charge on any atom is 0.308 e. The highest BCUT2D eigenvalue weighted by atomic mass is 16.5. The largest absolute Gasteiger partial charge is 0.469 e. The van der Waals surface area contributed by atoms with Crippen molar-refractivity contribution in [2.24, 2.45) is 5.92 Å². The molecule has 1 aliphatic heterocycles. The zero-order valence-corrected chi connectivity index (χ0v) is 12.8. The highest BCUT2D eigenvalue weighted by Gasteiger charge is 2.27. The molecule has 0 unspecified atom stereocenters. The Morgan fingerprint density at radius 3 is 2.38 bits per heavy atom. The molecular formula is C17H23NO3. The molecular weight excluding hydrogens is 266 g/mol. The number of likely N-dealkylation sites (tertiary alicyclic amines) is 1. The van der Waals surface area contributed by atoms with Crippen molar-refractivity contribution < 1.29 is 14.3 Å². The van der Waals surface area contributed by atoms with Crippen LogP contribution in [0.5, 0.6) is 0 Å². The van der Waals surface area contributed by atoms with Crippen LogP contribution in [0.15, 0.2) is 24.3 Å². The van der Waals surface area contributed by atoms with E-state index < -0.39 is 0 Å². The van der Waals surface area contributed by atoms with Crippen molar-refractivity contribution >= 4 is 11.9 Å². The lowest BCUT2D eigenvalue weighted by Crippen LogP contribution is -2.40. The quantitative estimate of drug-likeness (QED) is 0.799. The molecule has 0 radical (unpaired) electrons. The third kappa shape index (κ3) is 4.31. The van der Waals surface area contributed by atoms with Gasteiger partial charge in [0, 0.05) is 19.5 Å². The molecule has 0 atom stereocenters. The summed E-state index contributed by atoms with van der Waals surface area (Å²) in [6, 6.07) is 8.29. The van der Waals surface area contributed by atoms with Gasteiger partial charge in [0.1, 0.15) is 0 Å². The maximum absolute atomic E-state index is 12.2. The molecule has 0 aliphatic carbocycles. The van der Waals surface area contributed by atoms with Gasteiger partial charge in [-0.1, -0.05) is 29.8 Å². The smallest absolute Gasteiger partial charge is 0.308 e. The zero-order chi connectivity index (χ0) is 15.2. The van der Waals surface area contributed by atoms with Crippen molar-refractivity contribution in [1.82, 2.24) is 4.90 Å². The number of esters is 1. The molecule has 1 aromatic rings. The fraction of sp³-hybridized carbons (Fsp3) is 0.529. The lowest BCUT2D eigenvalue weighted by molar-refractivity contribution is -0.148. The monoisotopic (exact) mass is 289 g/mol. The van der Waals surface area contributed by atoms with Gasteiger partial charge in [0.15, 0.2) is 0 Å². The van der Waals surface area contributed by atoms with Gasteiger partial charge in [-0.05, 0) is 31.7 Å². The first-order chi connectivity index (χ1) is 10.1. The van der Waals surface area contributed by atoms with E-state index in [1.807, 2.05) is 4.90 Å². The fourth-order valence-electron chi connectivity index (χ4n) is 2.70. The second kappa shape index (κ2) is 7.25. The summed E-state index contributed by atoms with van der Waals surface area (Å²) in [6.07, 6.45) is 2.73. The van der Waals surface area contributed by atoms with Crippen LogP contribution in [0.2, 0.25) is 0 Å². The number of carbonyl (C=O) groups is 2. The van der Waals surface area contributed by atoms with Gasteiger partial charge < -0.3 is 9.64 Å². The minimum Gasteiger partial charge on any atom is -0.469 e. The summed E-state index contributed by atoms with van der Waals surface area (Å²) in [5.74, 6) is -0.0169. The number of rotatable bonds is 4. The Hall–Kier alpha value is -1.84. The second-order valence-corrected chi connectivity index (χ2v) is 5.66. The molecule has 1 amide bonds. The van der Waals surface area contributed by atoms with Crippen molar-refractivity contribution in [3.8, 4) is 0 Å². The minimum atomic E-state index is -0.151. The molecule has 0 aromatic heterocycles. The van der Waals surface area contributed by atoms with Gasteiger partial charge >= 0.3 is 5.97 Å². The Bertz CT molecular complexity index is 487. The molecule has 4 nitrogen and oxygen atoms in total. The molecule has 4 heteroatoms. The number of hydrogen-bond acceptors (Lipinski definition) is 3. The number of aryl methyl sites for hydroxylation is 2. The van der Waals surface area contributed by atoms with E-state index in [4.69, 9.17) is 4.74 Å². The molecule has 1 fully saturated rings. The normalized spacial score (nSPS) is 15.8. The topological polar surface area (TPSA) is 46.6 Å². The third-order valence-electron chi connectivity index (χ3n) is 4.13. The third-order valence-corrected chi connectivity index (χ3v) is 4.13. The first kappa shape index (κ1) is 15.5. The predicted molar refractivity (Wildman–Crippen MR) is 80.8 cm³/mol. The Balaban J connectivity index is 1.77. The van der Waals surface area contributed by atoms with Gasteiger partial charge in [0.05, 0.1) is 13.0 Å². The second-order valence-electron chi connectivity index (χ2n) is 5.66. The Morgan fingerprint density at radius 1 is 1.19 bits per heavy atom. The number of hydrogen-bond donors (Lipinski definition) is 0. The summed E-state index contributed by atoms with van der Waals surface area (Å²) in [5, 5.41) is 0. The van der Waals surface area contributed by atoms with Crippen molar-refractivity contribution in [2.75, 3.05) is 20.2 Å². The van der Waals surface area contributed by atoms with Gasteiger partial charge in [-0.25, -0.2) is 0 Å². The summed E-state index contributed by atoms with van der Waals surface area (Å²) in [4.78, 5) is 25.5. The summed E-state index contributed by atoms with van der Waals surface area (Å²) in [7, 11) is 1.42. The van der Waals surface area contributed by atoms with Crippen LogP contribution in [-0.4, -0.2) is 37.0 Å². The highest BCUT2D eigenvalue weighted by Crippen LogP contribution is 2.19. The molecule has 0 spiro atoms. The van der Waals surface area contributed by atoms with E-state index in [0.717, 1.165) is 6.42 Å². The molecule has 1 heterocycles. The first-order valence-electron chi connectivity index (χ1n) is 7.51. The van der Waals surface area contributed by atoms with Gasteiger partial charge in [0.2, 0.25) is 5.91 Å². The van der Waals surface area contributed by atoms with E-state index in [1.165, 1.54) is 18.2 Å². The van der Waals surface area contributed by atoms with E-state index >= 15 is 0 Å². The lowest BCUT2D eigenvalue weighted by Gasteiger charge is -2.30. The number of piperidine rings is 1. The number of benzene rings is 1. The van der Waals surface area contributed by atoms with Crippen LogP contribution in [0.3, 0.4) is 0 Å². The molecule has 1 aromatic carbocycles. The predicted octanol–water partition coefficient (Wildman–Crippen LogP) is 2.34. The number of methoxy groups -OCH3 is 1. The molecule has 21 heavy (non-hydrogen) atoms. The van der Waals surface area contributed by atoms with E-state index in [-0.39, 0.29) is 17.8 Å². The average Bonchev–Trinajstić information content (AvgIpc) is 2.53. The van der Waals surface area contributed by atoms with E-state index in [0.29, 0.717) is 32.4 Å². The maximum atomic E-state index is 12.2. The molecule has 114 valence electrons. The van der Waals surface area contributed by atoms with Crippen LogP contribution in [-0.2, 0) is 20.7 Å². The summed E-state index contributed by atoms with van der Waals surface area (Å²) in [5.41, 5.74) is 2.42. The van der Waals surface area contributed by atoms with Crippen molar-refractivity contribution in [1.29, 1.82) is 0 Å². The van der Waals surface area contributed by atoms with E-state index in [2.05, 4.69) is 31.2 Å². The van der Waals surface area contributed by atoms with Crippen LogP contribution in [0.1, 0.15) is 30.4 Å². The summed E-state index contributed by atoms with van der Waals surface area (Å²) in [6.45, 7) is 3.37. The molecule has 0 bridgehead atoms. The molecule has 1 saturated heterocycles. The number of carbonyl (C=O) groups excluding carboxylic acids is 2. The minimum absolute atomic E-state index is 0.0452. The van der Waals surface area contributed by atoms with Gasteiger partial charge in [0.25, 0.3) is 0 Å². The summed E-state index contributed by atoms with van der Waals surface area (Å²) >= 11 is 0. The standard InChI is InChI=1S/C17H23NO3/c1-13-3-5-14(6-4-13)7-8-16(19)18-11-9-15(10-12-18)17(20)21-2/h3-6,15H,7-12H2,1-2H3. The lowest BCUT2D eigenvalue weighted by atomic mass is 9.96. The van der Waals surface area contributed by atoms with Crippen molar-refractivity contribution in [3.05, 3.63) is 35.4 Å². The Kier molecular flexibility index (Phi) is 5.37. The Morgan fingerprint density at radius 2 is 1.81 bits per heavy atom. The molecule has 1 aliphatic rings. The molecule has 0 N–H and O–H groups in total. The van der Waals surface area contributed by atoms with Gasteiger partial charge in [-0.15, -0.1) is 0 Å². The van der Waals surface area contributed by atoms with Crippen LogP contribution in [0.25, 0.3) is 0 Å². The van der Waals surface area contributed by atoms with Gasteiger partial charge in [-0.3, -0.25) is 9.59 Å². The van der Waals surface area contributed by atoms with Gasteiger partial charge in [-0.2, -0.15) is 0 Å². The van der Waals surface area contributed by atoms with Crippen LogP contribution in [0, 0.1) is 12.8 Å². The fourth-order valence-corrected chi connectivity index (χ4v) is 2.70. The highest BCUT2D eigenvalue weighted by molar-refractivity contribution is 5.77.